The number of benzene rings is 1. The number of rotatable bonds is 4. The Morgan fingerprint density at radius 3 is 3.00 bits per heavy atom. The molecule has 0 saturated carbocycles. The summed E-state index contributed by atoms with van der Waals surface area (Å²) >= 11 is 3.12. The van der Waals surface area contributed by atoms with Crippen molar-refractivity contribution in [2.75, 3.05) is 6.61 Å². The first kappa shape index (κ1) is 13.0. The fourth-order valence-electron chi connectivity index (χ4n) is 2.10. The van der Waals surface area contributed by atoms with Gasteiger partial charge in [0, 0.05) is 6.61 Å². The maximum atomic E-state index is 13.0. The van der Waals surface area contributed by atoms with Gasteiger partial charge in [-0.15, -0.1) is 0 Å². The summed E-state index contributed by atoms with van der Waals surface area (Å²) in [5, 5.41) is 10.00. The van der Waals surface area contributed by atoms with Gasteiger partial charge in [0.2, 0.25) is 0 Å². The van der Waals surface area contributed by atoms with Crippen LogP contribution >= 0.6 is 15.9 Å². The summed E-state index contributed by atoms with van der Waals surface area (Å²) in [5.74, 6) is -0.305. The average Bonchev–Trinajstić information content (AvgIpc) is 2.82. The van der Waals surface area contributed by atoms with E-state index in [9.17, 15) is 9.50 Å². The van der Waals surface area contributed by atoms with E-state index in [4.69, 9.17) is 4.74 Å². The number of aliphatic hydroxyl groups is 1. The highest BCUT2D eigenvalue weighted by molar-refractivity contribution is 9.10. The fourth-order valence-corrected chi connectivity index (χ4v) is 2.50. The molecule has 1 aliphatic heterocycles. The summed E-state index contributed by atoms with van der Waals surface area (Å²) in [6, 6.07) is 4.63. The van der Waals surface area contributed by atoms with E-state index < -0.39 is 6.10 Å². The van der Waals surface area contributed by atoms with Gasteiger partial charge in [-0.2, -0.15) is 0 Å². The third kappa shape index (κ3) is 3.50. The summed E-state index contributed by atoms with van der Waals surface area (Å²) in [6.07, 6.45) is 3.45. The van der Waals surface area contributed by atoms with E-state index in [1.54, 1.807) is 12.1 Å². The Morgan fingerprint density at radius 1 is 1.53 bits per heavy atom. The monoisotopic (exact) mass is 302 g/mol. The summed E-state index contributed by atoms with van der Waals surface area (Å²) < 4.78 is 18.9. The molecular formula is C13H16BrFO2. The minimum absolute atomic E-state index is 0.286. The molecule has 1 fully saturated rings. The van der Waals surface area contributed by atoms with Gasteiger partial charge in [0.25, 0.3) is 0 Å². The lowest BCUT2D eigenvalue weighted by Crippen LogP contribution is -2.08. The lowest BCUT2D eigenvalue weighted by Gasteiger charge is -2.14. The van der Waals surface area contributed by atoms with Crippen molar-refractivity contribution in [1.82, 2.24) is 0 Å². The second-order valence-electron chi connectivity index (χ2n) is 4.40. The zero-order valence-electron chi connectivity index (χ0n) is 9.53. The quantitative estimate of drug-likeness (QED) is 0.921. The molecule has 1 aromatic rings. The molecule has 94 valence electrons. The van der Waals surface area contributed by atoms with Crippen LogP contribution < -0.4 is 0 Å². The highest BCUT2D eigenvalue weighted by Gasteiger charge is 2.18. The maximum absolute atomic E-state index is 13.0. The first-order valence-corrected chi connectivity index (χ1v) is 6.70. The Bertz CT molecular complexity index is 378. The number of hydrogen-bond acceptors (Lipinski definition) is 2. The van der Waals surface area contributed by atoms with E-state index in [0.29, 0.717) is 10.9 Å². The predicted octanol–water partition coefficient (Wildman–Crippen LogP) is 3.58. The van der Waals surface area contributed by atoms with Crippen LogP contribution in [0.3, 0.4) is 0 Å². The SMILES string of the molecule is OC(CCC1CCCO1)c1ccc(F)c(Br)c1. The molecular weight excluding hydrogens is 287 g/mol. The Morgan fingerprint density at radius 2 is 2.35 bits per heavy atom. The van der Waals surface area contributed by atoms with Crippen LogP contribution in [0.1, 0.15) is 37.4 Å². The molecule has 0 spiro atoms. The van der Waals surface area contributed by atoms with E-state index in [1.165, 1.54) is 6.07 Å². The third-order valence-corrected chi connectivity index (χ3v) is 3.72. The topological polar surface area (TPSA) is 29.5 Å². The molecule has 2 atom stereocenters. The van der Waals surface area contributed by atoms with Crippen LogP contribution in [0.15, 0.2) is 22.7 Å². The predicted molar refractivity (Wildman–Crippen MR) is 67.3 cm³/mol. The van der Waals surface area contributed by atoms with E-state index >= 15 is 0 Å². The largest absolute Gasteiger partial charge is 0.388 e. The Labute approximate surface area is 109 Å². The molecule has 17 heavy (non-hydrogen) atoms. The third-order valence-electron chi connectivity index (χ3n) is 3.11. The molecule has 0 radical (unpaired) electrons. The van der Waals surface area contributed by atoms with Crippen LogP contribution in [0, 0.1) is 5.82 Å². The second-order valence-corrected chi connectivity index (χ2v) is 5.26. The standard InChI is InChI=1S/C13H16BrFO2/c14-11-8-9(3-5-12(11)15)13(16)6-4-10-2-1-7-17-10/h3,5,8,10,13,16H,1-2,4,6-7H2. The first-order valence-electron chi connectivity index (χ1n) is 5.91. The molecule has 1 aliphatic rings. The van der Waals surface area contributed by atoms with Gasteiger partial charge in [-0.05, 0) is 59.3 Å². The van der Waals surface area contributed by atoms with Gasteiger partial charge in [0.05, 0.1) is 16.7 Å². The fraction of sp³-hybridized carbons (Fsp3) is 0.538. The summed E-state index contributed by atoms with van der Waals surface area (Å²) in [4.78, 5) is 0. The molecule has 4 heteroatoms. The van der Waals surface area contributed by atoms with E-state index in [0.717, 1.165) is 31.4 Å². The number of aliphatic hydroxyl groups excluding tert-OH is 1. The number of ether oxygens (including phenoxy) is 1. The molecule has 1 saturated heterocycles. The second kappa shape index (κ2) is 5.94. The molecule has 1 aromatic carbocycles. The van der Waals surface area contributed by atoms with Crippen molar-refractivity contribution in [3.63, 3.8) is 0 Å². The first-order chi connectivity index (χ1) is 8.16. The van der Waals surface area contributed by atoms with Gasteiger partial charge in [0.1, 0.15) is 5.82 Å². The van der Waals surface area contributed by atoms with E-state index in [-0.39, 0.29) is 11.9 Å². The van der Waals surface area contributed by atoms with Crippen LogP contribution in [0.5, 0.6) is 0 Å². The van der Waals surface area contributed by atoms with Crippen molar-refractivity contribution in [2.45, 2.75) is 37.9 Å². The minimum atomic E-state index is -0.545. The smallest absolute Gasteiger partial charge is 0.137 e. The van der Waals surface area contributed by atoms with Crippen molar-refractivity contribution in [3.8, 4) is 0 Å². The number of hydrogen-bond donors (Lipinski definition) is 1. The molecule has 2 rings (SSSR count). The Balaban J connectivity index is 1.89. The van der Waals surface area contributed by atoms with Crippen molar-refractivity contribution in [3.05, 3.63) is 34.1 Å². The molecule has 0 amide bonds. The van der Waals surface area contributed by atoms with E-state index in [2.05, 4.69) is 15.9 Å². The van der Waals surface area contributed by atoms with Crippen LogP contribution in [-0.2, 0) is 4.74 Å². The van der Waals surface area contributed by atoms with Crippen molar-refractivity contribution in [1.29, 1.82) is 0 Å². The van der Waals surface area contributed by atoms with Crippen LogP contribution in [0.4, 0.5) is 4.39 Å². The molecule has 1 heterocycles. The molecule has 2 nitrogen and oxygen atoms in total. The average molecular weight is 303 g/mol. The normalized spacial score (nSPS) is 21.7. The Kier molecular flexibility index (Phi) is 4.54. The van der Waals surface area contributed by atoms with Gasteiger partial charge in [-0.1, -0.05) is 6.07 Å². The lowest BCUT2D eigenvalue weighted by atomic mass is 10.0. The zero-order valence-corrected chi connectivity index (χ0v) is 11.1. The van der Waals surface area contributed by atoms with Crippen molar-refractivity contribution in [2.24, 2.45) is 0 Å². The number of halogens is 2. The Hall–Kier alpha value is -0.450. The van der Waals surface area contributed by atoms with Crippen LogP contribution in [-0.4, -0.2) is 17.8 Å². The zero-order chi connectivity index (χ0) is 12.3. The van der Waals surface area contributed by atoms with Crippen LogP contribution in [0.25, 0.3) is 0 Å². The van der Waals surface area contributed by atoms with Gasteiger partial charge in [-0.3, -0.25) is 0 Å². The van der Waals surface area contributed by atoms with Gasteiger partial charge >= 0.3 is 0 Å². The van der Waals surface area contributed by atoms with Gasteiger partial charge < -0.3 is 9.84 Å². The summed E-state index contributed by atoms with van der Waals surface area (Å²) in [7, 11) is 0. The highest BCUT2D eigenvalue weighted by Crippen LogP contribution is 2.26. The van der Waals surface area contributed by atoms with Gasteiger partial charge in [-0.25, -0.2) is 4.39 Å². The summed E-state index contributed by atoms with van der Waals surface area (Å²) in [5.41, 5.74) is 0.747. The highest BCUT2D eigenvalue weighted by atomic mass is 79.9. The maximum Gasteiger partial charge on any atom is 0.137 e. The lowest BCUT2D eigenvalue weighted by molar-refractivity contribution is 0.0812. The van der Waals surface area contributed by atoms with E-state index in [1.807, 2.05) is 0 Å². The van der Waals surface area contributed by atoms with Gasteiger partial charge in [0.15, 0.2) is 0 Å². The molecule has 0 aliphatic carbocycles. The van der Waals surface area contributed by atoms with Crippen molar-refractivity contribution < 1.29 is 14.2 Å². The minimum Gasteiger partial charge on any atom is -0.388 e. The molecule has 2 unspecified atom stereocenters. The molecule has 1 N–H and O–H groups in total. The van der Waals surface area contributed by atoms with Crippen molar-refractivity contribution >= 4 is 15.9 Å². The molecule has 0 aromatic heterocycles. The summed E-state index contributed by atoms with van der Waals surface area (Å²) in [6.45, 7) is 0.836. The van der Waals surface area contributed by atoms with Crippen LogP contribution in [0.2, 0.25) is 0 Å². The molecule has 0 bridgehead atoms.